The van der Waals surface area contributed by atoms with Crippen LogP contribution in [0.1, 0.15) is 112 Å². The molecule has 4 aliphatic rings. The first-order chi connectivity index (χ1) is 27.3. The van der Waals surface area contributed by atoms with E-state index in [0.717, 1.165) is 11.1 Å². The van der Waals surface area contributed by atoms with Gasteiger partial charge in [0.25, 0.3) is 11.7 Å². The Morgan fingerprint density at radius 1 is 0.914 bits per heavy atom. The number of Topliss-reactive ketones (excluding diaryl/α,β-unsaturated/α-hetero) is 2. The minimum absolute atomic E-state index is 0.00627. The molecule has 0 aromatic heterocycles. The Morgan fingerprint density at radius 2 is 1.57 bits per heavy atom. The second-order valence-electron chi connectivity index (χ2n) is 17.9. The maximum atomic E-state index is 14.3. The fourth-order valence-electron chi connectivity index (χ4n) is 9.59. The lowest BCUT2D eigenvalue weighted by Gasteiger charge is -2.47. The Kier molecular flexibility index (Phi) is 17.5. The molecule has 58 heavy (non-hydrogen) atoms. The molecule has 3 N–H and O–H groups in total. The minimum atomic E-state index is -2.51. The van der Waals surface area contributed by atoms with Crippen molar-refractivity contribution in [1.29, 1.82) is 0 Å². The number of methoxy groups -OCH3 is 3. The molecule has 4 rings (SSSR count). The van der Waals surface area contributed by atoms with E-state index >= 15 is 0 Å². The van der Waals surface area contributed by atoms with Gasteiger partial charge in [0.05, 0.1) is 30.5 Å². The number of amides is 1. The highest BCUT2D eigenvalue weighted by Gasteiger charge is 2.56. The van der Waals surface area contributed by atoms with Gasteiger partial charge in [-0.15, -0.1) is 6.58 Å². The Hall–Kier alpha value is -2.78. The van der Waals surface area contributed by atoms with Gasteiger partial charge >= 0.3 is 5.97 Å². The monoisotopic (exact) mass is 817 g/mol. The van der Waals surface area contributed by atoms with E-state index in [2.05, 4.69) is 6.58 Å². The van der Waals surface area contributed by atoms with E-state index in [9.17, 15) is 34.5 Å². The zero-order valence-electron chi connectivity index (χ0n) is 36.3. The molecule has 1 amide bonds. The molecule has 0 unspecified atom stereocenters. The fourth-order valence-corrected chi connectivity index (χ4v) is 9.59. The number of carbonyl (C=O) groups excluding carboxylic acids is 4. The SMILES string of the molecule is C=C(C)C[C@@H]1/C=C(\C)C[C@H](C)C[C@H](OC)[C@H]2O[C@@](O)(C(=O)C(=O)N3CCCC[C@H]3C(=O)O[C@H](/C(C)=C/[C@@H]3CC[C@@H](O)[C@H](OC)C3)[C@H](C)[C@@H](O)CC1=O)[C@H](C)C[C@@H]2OC. The predicted octanol–water partition coefficient (Wildman–Crippen LogP) is 5.03. The number of carbonyl (C=O) groups is 4. The summed E-state index contributed by atoms with van der Waals surface area (Å²) in [5.74, 6) is -7.77. The molecule has 3 fully saturated rings. The van der Waals surface area contributed by atoms with Gasteiger partial charge in [-0.2, -0.15) is 0 Å². The number of nitrogens with zero attached hydrogens (tertiary/aromatic N) is 1. The van der Waals surface area contributed by atoms with Crippen molar-refractivity contribution in [2.75, 3.05) is 27.9 Å². The molecule has 0 aromatic carbocycles. The van der Waals surface area contributed by atoms with E-state index in [-0.39, 0.29) is 49.5 Å². The van der Waals surface area contributed by atoms with Crippen molar-refractivity contribution in [3.63, 3.8) is 0 Å². The first-order valence-corrected chi connectivity index (χ1v) is 21.3. The maximum Gasteiger partial charge on any atom is 0.329 e. The molecule has 3 aliphatic heterocycles. The van der Waals surface area contributed by atoms with E-state index in [1.165, 1.54) is 19.1 Å². The first kappa shape index (κ1) is 47.9. The van der Waals surface area contributed by atoms with E-state index in [1.807, 2.05) is 39.8 Å². The Morgan fingerprint density at radius 3 is 2.21 bits per heavy atom. The quantitative estimate of drug-likeness (QED) is 0.178. The highest BCUT2D eigenvalue weighted by Crippen LogP contribution is 2.39. The van der Waals surface area contributed by atoms with Crippen LogP contribution in [0.2, 0.25) is 0 Å². The number of esters is 1. The number of ketones is 2. The number of hydrogen-bond donors (Lipinski definition) is 3. The summed E-state index contributed by atoms with van der Waals surface area (Å²) < 4.78 is 29.8. The average molecular weight is 818 g/mol. The van der Waals surface area contributed by atoms with Crippen molar-refractivity contribution in [2.24, 2.45) is 29.6 Å². The number of aliphatic hydroxyl groups excluding tert-OH is 2. The number of piperidine rings is 1. The molecule has 14 atom stereocenters. The third kappa shape index (κ3) is 11.5. The number of allylic oxidation sites excluding steroid dienone is 4. The van der Waals surface area contributed by atoms with Crippen molar-refractivity contribution < 1.29 is 58.2 Å². The van der Waals surface area contributed by atoms with Gasteiger partial charge in [0.2, 0.25) is 5.79 Å². The third-order valence-electron chi connectivity index (χ3n) is 13.0. The molecule has 13 heteroatoms. The van der Waals surface area contributed by atoms with Crippen LogP contribution >= 0.6 is 0 Å². The number of ether oxygens (including phenoxy) is 5. The van der Waals surface area contributed by atoms with Gasteiger partial charge in [-0.1, -0.05) is 44.1 Å². The predicted molar refractivity (Wildman–Crippen MR) is 217 cm³/mol. The van der Waals surface area contributed by atoms with Crippen LogP contribution in [0.15, 0.2) is 35.5 Å². The van der Waals surface area contributed by atoms with Gasteiger partial charge in [0.15, 0.2) is 0 Å². The van der Waals surface area contributed by atoms with Crippen molar-refractivity contribution in [2.45, 2.75) is 167 Å². The van der Waals surface area contributed by atoms with Gasteiger partial charge < -0.3 is 43.9 Å². The standard InChI is InChI=1S/C45H71NO12/c1-25(2)17-32-19-26(3)18-27(4)20-38(55-9)41-39(56-10)22-29(6)45(53,58-41)42(50)43(51)46-16-12-11-13-33(46)44(52)57-40(30(7)35(48)24-36(32)49)28(5)21-31-14-15-34(47)37(23-31)54-8/h19,21,27,29-35,37-41,47-48,53H,1,11-18,20,22-24H2,2-10H3/b26-19+,28-21+/t27-,29+,30+,31-,32+,33-,34+,35-,37+,38-,39-,40+,41+,45+/m0/s1. The second kappa shape index (κ2) is 21.1. The summed E-state index contributed by atoms with van der Waals surface area (Å²) in [7, 11) is 4.62. The van der Waals surface area contributed by atoms with Crippen LogP contribution < -0.4 is 0 Å². The molecule has 0 radical (unpaired) electrons. The summed E-state index contributed by atoms with van der Waals surface area (Å²) in [5, 5.41) is 34.3. The van der Waals surface area contributed by atoms with E-state index in [0.29, 0.717) is 56.9 Å². The van der Waals surface area contributed by atoms with Crippen molar-refractivity contribution in [3.8, 4) is 0 Å². The van der Waals surface area contributed by atoms with Crippen LogP contribution in [0, 0.1) is 29.6 Å². The molecule has 0 aromatic rings. The van der Waals surface area contributed by atoms with Crippen LogP contribution in [-0.4, -0.2) is 126 Å². The molecule has 328 valence electrons. The molecule has 2 bridgehead atoms. The van der Waals surface area contributed by atoms with Crippen LogP contribution in [0.3, 0.4) is 0 Å². The number of cyclic esters (lactones) is 1. The van der Waals surface area contributed by atoms with Gasteiger partial charge in [0, 0.05) is 52.0 Å². The summed E-state index contributed by atoms with van der Waals surface area (Å²) in [6.07, 6.45) is 3.27. The number of fused-ring (bicyclic) bond motifs is 3. The summed E-state index contributed by atoms with van der Waals surface area (Å²) in [6, 6.07) is -1.14. The number of aliphatic hydroxyl groups is 3. The van der Waals surface area contributed by atoms with Crippen molar-refractivity contribution in [1.82, 2.24) is 4.90 Å². The molecule has 1 aliphatic carbocycles. The smallest absolute Gasteiger partial charge is 0.329 e. The Bertz CT molecular complexity index is 1530. The molecule has 13 nitrogen and oxygen atoms in total. The topological polar surface area (TPSA) is 178 Å². The zero-order chi connectivity index (χ0) is 43.1. The second-order valence-corrected chi connectivity index (χ2v) is 17.9. The van der Waals surface area contributed by atoms with Crippen LogP contribution in [0.4, 0.5) is 0 Å². The lowest BCUT2D eigenvalue weighted by atomic mass is 9.81. The van der Waals surface area contributed by atoms with Gasteiger partial charge in [0.1, 0.15) is 24.0 Å². The lowest BCUT2D eigenvalue weighted by Crippen LogP contribution is -2.64. The number of rotatable bonds is 7. The van der Waals surface area contributed by atoms with E-state index in [4.69, 9.17) is 23.7 Å². The zero-order valence-corrected chi connectivity index (χ0v) is 36.3. The van der Waals surface area contributed by atoms with Crippen LogP contribution in [0.25, 0.3) is 0 Å². The van der Waals surface area contributed by atoms with E-state index in [1.54, 1.807) is 21.0 Å². The molecule has 2 saturated heterocycles. The summed E-state index contributed by atoms with van der Waals surface area (Å²) >= 11 is 0. The molecule has 0 spiro atoms. The molecule has 3 heterocycles. The molecular formula is C45H71NO12. The van der Waals surface area contributed by atoms with E-state index < -0.39 is 83.9 Å². The lowest BCUT2D eigenvalue weighted by molar-refractivity contribution is -0.302. The summed E-state index contributed by atoms with van der Waals surface area (Å²) in [4.78, 5) is 58.1. The molecular weight excluding hydrogens is 746 g/mol. The van der Waals surface area contributed by atoms with Gasteiger partial charge in [-0.25, -0.2) is 4.79 Å². The highest BCUT2D eigenvalue weighted by molar-refractivity contribution is 6.39. The third-order valence-corrected chi connectivity index (χ3v) is 13.0. The number of hydrogen-bond acceptors (Lipinski definition) is 12. The largest absolute Gasteiger partial charge is 0.456 e. The average Bonchev–Trinajstić information content (AvgIpc) is 3.18. The normalized spacial score (nSPS) is 40.5. The minimum Gasteiger partial charge on any atom is -0.456 e. The van der Waals surface area contributed by atoms with Crippen LogP contribution in [0.5, 0.6) is 0 Å². The highest BCUT2D eigenvalue weighted by atomic mass is 16.7. The Balaban J connectivity index is 1.79. The summed E-state index contributed by atoms with van der Waals surface area (Å²) in [6.45, 7) is 15.2. The maximum absolute atomic E-state index is 14.3. The van der Waals surface area contributed by atoms with Gasteiger partial charge in [-0.05, 0) is 102 Å². The Labute approximate surface area is 345 Å². The van der Waals surface area contributed by atoms with Crippen LogP contribution in [-0.2, 0) is 42.9 Å². The van der Waals surface area contributed by atoms with Crippen molar-refractivity contribution in [3.05, 3.63) is 35.5 Å². The first-order valence-electron chi connectivity index (χ1n) is 21.3. The van der Waals surface area contributed by atoms with Crippen molar-refractivity contribution >= 4 is 23.4 Å². The fraction of sp³-hybridized carbons (Fsp3) is 0.778. The summed E-state index contributed by atoms with van der Waals surface area (Å²) in [5.41, 5.74) is 2.44. The van der Waals surface area contributed by atoms with Gasteiger partial charge in [-0.3, -0.25) is 14.4 Å². The molecule has 1 saturated carbocycles.